The molecule has 2 heterocycles. The Bertz CT molecular complexity index is 720. The molecule has 2 aliphatic rings. The number of carbonyl (C=O) groups excluding carboxylic acids is 1. The van der Waals surface area contributed by atoms with E-state index < -0.39 is 0 Å². The van der Waals surface area contributed by atoms with Crippen LogP contribution in [0.3, 0.4) is 0 Å². The van der Waals surface area contributed by atoms with Crippen molar-refractivity contribution in [2.24, 2.45) is 5.92 Å². The van der Waals surface area contributed by atoms with Crippen molar-refractivity contribution in [3.05, 3.63) is 54.6 Å². The molecule has 2 aromatic rings. The third-order valence-electron chi connectivity index (χ3n) is 5.23. The molecule has 0 bridgehead atoms. The van der Waals surface area contributed by atoms with E-state index in [4.69, 9.17) is 0 Å². The number of hydrogen-bond donors (Lipinski definition) is 0. The molecule has 0 N–H and O–H groups in total. The molecule has 0 aromatic heterocycles. The molecule has 0 radical (unpaired) electrons. The largest absolute Gasteiger partial charge is 0.371 e. The summed E-state index contributed by atoms with van der Waals surface area (Å²) in [6.07, 6.45) is 1.94. The van der Waals surface area contributed by atoms with Crippen molar-refractivity contribution in [2.45, 2.75) is 12.8 Å². The van der Waals surface area contributed by atoms with E-state index in [1.807, 2.05) is 22.7 Å². The first-order valence-corrected chi connectivity index (χ1v) is 10.2. The van der Waals surface area contributed by atoms with Gasteiger partial charge in [-0.3, -0.25) is 4.79 Å². The Balaban J connectivity index is 1.42. The van der Waals surface area contributed by atoms with E-state index in [1.54, 1.807) is 0 Å². The molecule has 2 aromatic carbocycles. The van der Waals surface area contributed by atoms with Crippen LogP contribution in [0.4, 0.5) is 5.69 Å². The van der Waals surface area contributed by atoms with Crippen molar-refractivity contribution < 1.29 is 4.79 Å². The van der Waals surface area contributed by atoms with Gasteiger partial charge in [0, 0.05) is 37.0 Å². The molecule has 0 spiro atoms. The third kappa shape index (κ3) is 3.69. The lowest BCUT2D eigenvalue weighted by Gasteiger charge is -2.34. The summed E-state index contributed by atoms with van der Waals surface area (Å²) in [6.45, 7) is 2.87. The van der Waals surface area contributed by atoms with E-state index in [0.717, 1.165) is 44.1 Å². The maximum absolute atomic E-state index is 12.6. The predicted molar refractivity (Wildman–Crippen MR) is 106 cm³/mol. The molecule has 0 atom stereocenters. The van der Waals surface area contributed by atoms with E-state index in [-0.39, 0.29) is 5.92 Å². The van der Waals surface area contributed by atoms with Crippen molar-refractivity contribution in [1.29, 1.82) is 0 Å². The molecule has 1 amide bonds. The molecule has 2 fully saturated rings. The van der Waals surface area contributed by atoms with Crippen LogP contribution in [0.5, 0.6) is 0 Å². The minimum absolute atomic E-state index is 0.215. The van der Waals surface area contributed by atoms with Crippen LogP contribution in [0.1, 0.15) is 12.8 Å². The second-order valence-corrected chi connectivity index (χ2v) is 7.89. The molecule has 2 saturated heterocycles. The standard InChI is InChI=1S/C21H24N2OS/c24-21(23-13-14-25-16-23)18-9-11-22(12-10-18)20-8-4-7-19(15-20)17-5-2-1-3-6-17/h1-8,15,18H,9-14,16H2. The lowest BCUT2D eigenvalue weighted by atomic mass is 9.94. The third-order valence-corrected chi connectivity index (χ3v) is 6.19. The number of rotatable bonds is 3. The van der Waals surface area contributed by atoms with Crippen LogP contribution in [0.25, 0.3) is 11.1 Å². The number of carbonyl (C=O) groups is 1. The van der Waals surface area contributed by atoms with Crippen LogP contribution in [-0.4, -0.2) is 42.1 Å². The van der Waals surface area contributed by atoms with Crippen LogP contribution in [0.2, 0.25) is 0 Å². The van der Waals surface area contributed by atoms with Gasteiger partial charge in [-0.25, -0.2) is 0 Å². The number of thioether (sulfide) groups is 1. The Hall–Kier alpha value is -1.94. The fraction of sp³-hybridized carbons (Fsp3) is 0.381. The highest BCUT2D eigenvalue weighted by atomic mass is 32.2. The van der Waals surface area contributed by atoms with Gasteiger partial charge in [-0.15, -0.1) is 11.8 Å². The Kier molecular flexibility index (Phi) is 4.97. The summed E-state index contributed by atoms with van der Waals surface area (Å²) in [4.78, 5) is 17.0. The highest BCUT2D eigenvalue weighted by Crippen LogP contribution is 2.29. The molecule has 0 aliphatic carbocycles. The molecule has 4 rings (SSSR count). The summed E-state index contributed by atoms with van der Waals surface area (Å²) in [5, 5.41) is 0. The number of nitrogens with zero attached hydrogens (tertiary/aromatic N) is 2. The molecule has 130 valence electrons. The number of anilines is 1. The zero-order valence-corrected chi connectivity index (χ0v) is 15.3. The average Bonchev–Trinajstić information content (AvgIpc) is 3.23. The van der Waals surface area contributed by atoms with Gasteiger partial charge in [0.05, 0.1) is 5.88 Å². The van der Waals surface area contributed by atoms with E-state index >= 15 is 0 Å². The minimum Gasteiger partial charge on any atom is -0.371 e. The summed E-state index contributed by atoms with van der Waals surface area (Å²) in [5.41, 5.74) is 3.77. The first-order chi connectivity index (χ1) is 12.3. The Labute approximate surface area is 154 Å². The van der Waals surface area contributed by atoms with Crippen molar-refractivity contribution in [3.8, 4) is 11.1 Å². The van der Waals surface area contributed by atoms with Crippen LogP contribution in [0.15, 0.2) is 54.6 Å². The molecular formula is C21H24N2OS. The summed E-state index contributed by atoms with van der Waals surface area (Å²) in [7, 11) is 0. The van der Waals surface area contributed by atoms with Gasteiger partial charge in [-0.05, 0) is 36.1 Å². The first kappa shape index (κ1) is 16.5. The highest BCUT2D eigenvalue weighted by molar-refractivity contribution is 7.99. The SMILES string of the molecule is O=C(C1CCN(c2cccc(-c3ccccc3)c2)CC1)N1CCSC1. The van der Waals surface area contributed by atoms with Gasteiger partial charge in [-0.2, -0.15) is 0 Å². The van der Waals surface area contributed by atoms with Crippen molar-refractivity contribution >= 4 is 23.4 Å². The lowest BCUT2D eigenvalue weighted by molar-refractivity contribution is -0.134. The molecule has 25 heavy (non-hydrogen) atoms. The van der Waals surface area contributed by atoms with Crippen LogP contribution < -0.4 is 4.90 Å². The monoisotopic (exact) mass is 352 g/mol. The molecule has 2 aliphatic heterocycles. The highest BCUT2D eigenvalue weighted by Gasteiger charge is 2.30. The van der Waals surface area contributed by atoms with Gasteiger partial charge in [-0.1, -0.05) is 42.5 Å². The van der Waals surface area contributed by atoms with E-state index in [2.05, 4.69) is 53.4 Å². The van der Waals surface area contributed by atoms with Gasteiger partial charge in [0.1, 0.15) is 0 Å². The first-order valence-electron chi connectivity index (χ1n) is 9.08. The molecule has 4 heteroatoms. The van der Waals surface area contributed by atoms with E-state index in [9.17, 15) is 4.79 Å². The van der Waals surface area contributed by atoms with Crippen molar-refractivity contribution in [3.63, 3.8) is 0 Å². The molecular weight excluding hydrogens is 328 g/mol. The van der Waals surface area contributed by atoms with Crippen LogP contribution in [0, 0.1) is 5.92 Å². The number of amides is 1. The topological polar surface area (TPSA) is 23.6 Å². The smallest absolute Gasteiger partial charge is 0.226 e. The number of benzene rings is 2. The molecule has 3 nitrogen and oxygen atoms in total. The zero-order chi connectivity index (χ0) is 17.1. The Morgan fingerprint density at radius 2 is 1.68 bits per heavy atom. The van der Waals surface area contributed by atoms with Crippen LogP contribution in [-0.2, 0) is 4.79 Å². The minimum atomic E-state index is 0.215. The van der Waals surface area contributed by atoms with Gasteiger partial charge in [0.25, 0.3) is 0 Å². The number of hydrogen-bond acceptors (Lipinski definition) is 3. The van der Waals surface area contributed by atoms with Gasteiger partial charge in [0.15, 0.2) is 0 Å². The predicted octanol–water partition coefficient (Wildman–Crippen LogP) is 4.10. The zero-order valence-electron chi connectivity index (χ0n) is 14.4. The molecule has 0 saturated carbocycles. The second kappa shape index (κ2) is 7.52. The fourth-order valence-corrected chi connectivity index (χ4v) is 4.70. The summed E-state index contributed by atoms with van der Waals surface area (Å²) in [6, 6.07) is 19.3. The maximum atomic E-state index is 12.6. The second-order valence-electron chi connectivity index (χ2n) is 6.82. The van der Waals surface area contributed by atoms with Gasteiger partial charge >= 0.3 is 0 Å². The summed E-state index contributed by atoms with van der Waals surface area (Å²) in [5.74, 6) is 2.57. The fourth-order valence-electron chi connectivity index (χ4n) is 3.74. The summed E-state index contributed by atoms with van der Waals surface area (Å²) >= 11 is 1.87. The average molecular weight is 353 g/mol. The lowest BCUT2D eigenvalue weighted by Crippen LogP contribution is -2.41. The van der Waals surface area contributed by atoms with Gasteiger partial charge in [0.2, 0.25) is 5.91 Å². The molecule has 0 unspecified atom stereocenters. The van der Waals surface area contributed by atoms with Crippen molar-refractivity contribution in [1.82, 2.24) is 4.90 Å². The Morgan fingerprint density at radius 1 is 0.920 bits per heavy atom. The van der Waals surface area contributed by atoms with Crippen LogP contribution >= 0.6 is 11.8 Å². The van der Waals surface area contributed by atoms with Gasteiger partial charge < -0.3 is 9.80 Å². The normalized spacial score (nSPS) is 18.6. The van der Waals surface area contributed by atoms with E-state index in [1.165, 1.54) is 16.8 Å². The quantitative estimate of drug-likeness (QED) is 0.831. The number of piperidine rings is 1. The summed E-state index contributed by atoms with van der Waals surface area (Å²) < 4.78 is 0. The van der Waals surface area contributed by atoms with E-state index in [0.29, 0.717) is 5.91 Å². The Morgan fingerprint density at radius 3 is 2.40 bits per heavy atom. The van der Waals surface area contributed by atoms with Crippen molar-refractivity contribution in [2.75, 3.05) is 36.2 Å². The maximum Gasteiger partial charge on any atom is 0.226 e.